The first-order valence-electron chi connectivity index (χ1n) is 10.6. The van der Waals surface area contributed by atoms with E-state index in [0.717, 1.165) is 27.0 Å². The van der Waals surface area contributed by atoms with Gasteiger partial charge in [-0.3, -0.25) is 9.69 Å². The van der Waals surface area contributed by atoms with Gasteiger partial charge in [0.1, 0.15) is 12.4 Å². The molecule has 0 N–H and O–H groups in total. The largest absolute Gasteiger partial charge is 0.497 e. The van der Waals surface area contributed by atoms with Gasteiger partial charge in [-0.25, -0.2) is 4.99 Å². The van der Waals surface area contributed by atoms with Gasteiger partial charge in [0.25, 0.3) is 5.91 Å². The number of thioether (sulfide) groups is 1. The number of benzene rings is 3. The molecule has 1 fully saturated rings. The second-order valence-electron chi connectivity index (χ2n) is 7.34. The number of halogens is 2. The number of rotatable bonds is 7. The van der Waals surface area contributed by atoms with Gasteiger partial charge in [0.15, 0.2) is 10.9 Å². The molecule has 1 aliphatic rings. The van der Waals surface area contributed by atoms with Crippen LogP contribution in [0, 0.1) is 0 Å². The Kier molecular flexibility index (Phi) is 7.98. The summed E-state index contributed by atoms with van der Waals surface area (Å²) in [7, 11) is 1.62. The maximum Gasteiger partial charge on any atom is 0.266 e. The Balaban J connectivity index is 1.55. The number of likely N-dealkylation sites (N-methyl/N-ethyl adjacent to an activating group) is 1. The van der Waals surface area contributed by atoms with Crippen LogP contribution in [0.1, 0.15) is 18.1 Å². The third-order valence-electron chi connectivity index (χ3n) is 5.05. The Morgan fingerprint density at radius 1 is 1.12 bits per heavy atom. The van der Waals surface area contributed by atoms with Crippen molar-refractivity contribution in [3.8, 4) is 11.5 Å². The zero-order chi connectivity index (χ0) is 24.1. The Bertz CT molecular complexity index is 1220. The van der Waals surface area contributed by atoms with Crippen LogP contribution in [-0.4, -0.2) is 29.6 Å². The number of hydrogen-bond donors (Lipinski definition) is 0. The molecular weight excluding hydrogens is 536 g/mol. The smallest absolute Gasteiger partial charge is 0.266 e. The molecule has 0 unspecified atom stereocenters. The molecular formula is C26H22BrClN2O3S. The summed E-state index contributed by atoms with van der Waals surface area (Å²) in [6.45, 7) is 2.86. The topological polar surface area (TPSA) is 51.1 Å². The average Bonchev–Trinajstić information content (AvgIpc) is 3.13. The summed E-state index contributed by atoms with van der Waals surface area (Å²) in [5.41, 5.74) is 2.59. The van der Waals surface area contributed by atoms with E-state index in [4.69, 9.17) is 21.1 Å². The normalized spacial score (nSPS) is 15.9. The lowest BCUT2D eigenvalue weighted by Gasteiger charge is -2.12. The summed E-state index contributed by atoms with van der Waals surface area (Å²) in [5, 5.41) is 1.10. The van der Waals surface area contributed by atoms with Crippen LogP contribution in [0.3, 0.4) is 0 Å². The van der Waals surface area contributed by atoms with Crippen LogP contribution in [0.2, 0.25) is 5.02 Å². The van der Waals surface area contributed by atoms with Gasteiger partial charge in [0.05, 0.1) is 27.2 Å². The van der Waals surface area contributed by atoms with Crippen molar-refractivity contribution in [2.45, 2.75) is 13.5 Å². The van der Waals surface area contributed by atoms with Gasteiger partial charge < -0.3 is 9.47 Å². The summed E-state index contributed by atoms with van der Waals surface area (Å²) in [5.74, 6) is 1.23. The van der Waals surface area contributed by atoms with Crippen molar-refractivity contribution in [3.05, 3.63) is 92.3 Å². The third kappa shape index (κ3) is 5.66. The molecule has 1 saturated heterocycles. The lowest BCUT2D eigenvalue weighted by atomic mass is 10.2. The number of methoxy groups -OCH3 is 1. The van der Waals surface area contributed by atoms with E-state index in [0.29, 0.717) is 34.0 Å². The van der Waals surface area contributed by atoms with Crippen LogP contribution in [0.5, 0.6) is 11.5 Å². The van der Waals surface area contributed by atoms with Gasteiger partial charge >= 0.3 is 0 Å². The lowest BCUT2D eigenvalue weighted by Crippen LogP contribution is -2.28. The van der Waals surface area contributed by atoms with Crippen LogP contribution in [0.25, 0.3) is 6.08 Å². The monoisotopic (exact) mass is 556 g/mol. The average molecular weight is 558 g/mol. The minimum atomic E-state index is -0.0867. The highest BCUT2D eigenvalue weighted by Crippen LogP contribution is 2.38. The second-order valence-corrected chi connectivity index (χ2v) is 9.61. The first kappa shape index (κ1) is 24.4. The molecule has 8 heteroatoms. The predicted molar refractivity (Wildman–Crippen MR) is 143 cm³/mol. The quantitative estimate of drug-likeness (QED) is 0.286. The SMILES string of the molecule is CCN1C(=O)/C(=C\c2cc(Cl)c(OCc3ccccc3)c(Br)c2)SC1=Nc1ccc(OC)cc1. The standard InChI is InChI=1S/C26H22BrClN2O3S/c1-3-30-25(31)23(34-26(30)29-19-9-11-20(32-2)12-10-19)15-18-13-21(27)24(22(28)14-18)33-16-17-7-5-4-6-8-17/h4-15H,3,16H2,1-2H3/b23-15+,29-26?. The molecule has 5 nitrogen and oxygen atoms in total. The van der Waals surface area contributed by atoms with Crippen molar-refractivity contribution < 1.29 is 14.3 Å². The predicted octanol–water partition coefficient (Wildman–Crippen LogP) is 7.31. The fourth-order valence-corrected chi connectivity index (χ4v) is 5.37. The van der Waals surface area contributed by atoms with E-state index in [-0.39, 0.29) is 5.91 Å². The minimum absolute atomic E-state index is 0.0867. The highest BCUT2D eigenvalue weighted by Gasteiger charge is 2.32. The number of ether oxygens (including phenoxy) is 2. The molecule has 3 aromatic carbocycles. The molecule has 0 aromatic heterocycles. The molecule has 4 rings (SSSR count). The van der Waals surface area contributed by atoms with E-state index >= 15 is 0 Å². The van der Waals surface area contributed by atoms with Crippen molar-refractivity contribution in [1.29, 1.82) is 0 Å². The Morgan fingerprint density at radius 3 is 2.50 bits per heavy atom. The van der Waals surface area contributed by atoms with Crippen molar-refractivity contribution >= 4 is 62.1 Å². The fraction of sp³-hybridized carbons (Fsp3) is 0.154. The first-order valence-corrected chi connectivity index (χ1v) is 12.6. The first-order chi connectivity index (χ1) is 16.5. The molecule has 3 aromatic rings. The molecule has 174 valence electrons. The molecule has 34 heavy (non-hydrogen) atoms. The number of hydrogen-bond acceptors (Lipinski definition) is 5. The Labute approximate surface area is 216 Å². The number of carbonyl (C=O) groups excluding carboxylic acids is 1. The molecule has 1 heterocycles. The summed E-state index contributed by atoms with van der Waals surface area (Å²) < 4.78 is 11.8. The Hall–Kier alpha value is -2.74. The maximum absolute atomic E-state index is 13.0. The fourth-order valence-electron chi connectivity index (χ4n) is 3.32. The van der Waals surface area contributed by atoms with Gasteiger partial charge in [0, 0.05) is 6.54 Å². The zero-order valence-corrected chi connectivity index (χ0v) is 21.8. The van der Waals surface area contributed by atoms with Crippen LogP contribution < -0.4 is 9.47 Å². The van der Waals surface area contributed by atoms with Gasteiger partial charge in [-0.2, -0.15) is 0 Å². The van der Waals surface area contributed by atoms with Crippen LogP contribution in [0.4, 0.5) is 5.69 Å². The molecule has 0 radical (unpaired) electrons. The van der Waals surface area contributed by atoms with E-state index in [2.05, 4.69) is 20.9 Å². The van der Waals surface area contributed by atoms with E-state index < -0.39 is 0 Å². The van der Waals surface area contributed by atoms with E-state index in [9.17, 15) is 4.79 Å². The van der Waals surface area contributed by atoms with Gasteiger partial charge in [-0.15, -0.1) is 0 Å². The molecule has 0 atom stereocenters. The highest BCUT2D eigenvalue weighted by molar-refractivity contribution is 9.10. The molecule has 0 saturated carbocycles. The molecule has 0 bridgehead atoms. The molecule has 1 amide bonds. The lowest BCUT2D eigenvalue weighted by molar-refractivity contribution is -0.122. The number of amides is 1. The van der Waals surface area contributed by atoms with E-state index in [1.165, 1.54) is 11.8 Å². The summed E-state index contributed by atoms with van der Waals surface area (Å²) in [6, 6.07) is 21.0. The van der Waals surface area contributed by atoms with Gasteiger partial charge in [0.2, 0.25) is 0 Å². The highest BCUT2D eigenvalue weighted by atomic mass is 79.9. The number of aliphatic imine (C=N–C) groups is 1. The van der Waals surface area contributed by atoms with Crippen LogP contribution >= 0.6 is 39.3 Å². The Morgan fingerprint density at radius 2 is 1.85 bits per heavy atom. The summed E-state index contributed by atoms with van der Waals surface area (Å²) >= 11 is 11.4. The number of amidine groups is 1. The van der Waals surface area contributed by atoms with E-state index in [1.54, 1.807) is 18.1 Å². The van der Waals surface area contributed by atoms with Crippen molar-refractivity contribution in [2.24, 2.45) is 4.99 Å². The van der Waals surface area contributed by atoms with E-state index in [1.807, 2.05) is 73.7 Å². The van der Waals surface area contributed by atoms with Crippen LogP contribution in [-0.2, 0) is 11.4 Å². The van der Waals surface area contributed by atoms with Crippen molar-refractivity contribution in [1.82, 2.24) is 4.90 Å². The number of carbonyl (C=O) groups is 1. The third-order valence-corrected chi connectivity index (χ3v) is 6.92. The maximum atomic E-state index is 13.0. The van der Waals surface area contributed by atoms with Gasteiger partial charge in [-0.1, -0.05) is 41.9 Å². The molecule has 0 aliphatic carbocycles. The summed E-state index contributed by atoms with van der Waals surface area (Å²) in [6.07, 6.45) is 1.82. The van der Waals surface area contributed by atoms with Crippen molar-refractivity contribution in [2.75, 3.05) is 13.7 Å². The zero-order valence-electron chi connectivity index (χ0n) is 18.6. The molecule has 1 aliphatic heterocycles. The summed E-state index contributed by atoms with van der Waals surface area (Å²) in [4.78, 5) is 19.9. The van der Waals surface area contributed by atoms with Crippen LogP contribution in [0.15, 0.2) is 81.1 Å². The minimum Gasteiger partial charge on any atom is -0.497 e. The van der Waals surface area contributed by atoms with Gasteiger partial charge in [-0.05, 0) is 88.2 Å². The van der Waals surface area contributed by atoms with Crippen molar-refractivity contribution in [3.63, 3.8) is 0 Å². The molecule has 0 spiro atoms. The second kappa shape index (κ2) is 11.1. The number of nitrogens with zero attached hydrogens (tertiary/aromatic N) is 2.